The highest BCUT2D eigenvalue weighted by Crippen LogP contribution is 2.33. The van der Waals surface area contributed by atoms with Crippen LogP contribution in [-0.2, 0) is 11.2 Å². The van der Waals surface area contributed by atoms with Gasteiger partial charge in [-0.25, -0.2) is 4.98 Å². The quantitative estimate of drug-likeness (QED) is 0.398. The minimum absolute atomic E-state index is 0.124. The van der Waals surface area contributed by atoms with Crippen molar-refractivity contribution in [1.82, 2.24) is 10.3 Å². The van der Waals surface area contributed by atoms with Crippen LogP contribution in [0.4, 0.5) is 5.69 Å². The van der Waals surface area contributed by atoms with E-state index in [1.54, 1.807) is 12.0 Å². The summed E-state index contributed by atoms with van der Waals surface area (Å²) in [4.78, 5) is 34.8. The van der Waals surface area contributed by atoms with Gasteiger partial charge in [0, 0.05) is 11.7 Å². The number of aryl methyl sites for hydroxylation is 3. The van der Waals surface area contributed by atoms with E-state index in [4.69, 9.17) is 4.74 Å². The number of methoxy groups -OCH3 is 1. The maximum atomic E-state index is 14.2. The monoisotopic (exact) mass is 505 g/mol. The second-order valence-corrected chi connectivity index (χ2v) is 10.6. The Morgan fingerprint density at radius 2 is 1.72 bits per heavy atom. The van der Waals surface area contributed by atoms with Crippen molar-refractivity contribution in [2.75, 3.05) is 12.0 Å². The van der Waals surface area contributed by atoms with Gasteiger partial charge in [-0.15, -0.1) is 11.3 Å². The van der Waals surface area contributed by atoms with Crippen LogP contribution in [0.25, 0.3) is 0 Å². The second-order valence-electron chi connectivity index (χ2n) is 9.36. The highest BCUT2D eigenvalue weighted by atomic mass is 32.1. The molecule has 1 atom stereocenters. The molecule has 1 aliphatic rings. The maximum absolute atomic E-state index is 14.2. The molecule has 0 aliphatic heterocycles. The molecule has 3 aromatic rings. The van der Waals surface area contributed by atoms with Crippen molar-refractivity contribution >= 4 is 28.8 Å². The number of ether oxygens (including phenoxy) is 1. The number of hydrogen-bond donors (Lipinski definition) is 1. The average Bonchev–Trinajstić information content (AvgIpc) is 3.25. The van der Waals surface area contributed by atoms with Crippen molar-refractivity contribution in [2.45, 2.75) is 71.4 Å². The molecule has 0 spiro atoms. The number of benzene rings is 2. The van der Waals surface area contributed by atoms with Crippen LogP contribution in [0.3, 0.4) is 0 Å². The fourth-order valence-corrected chi connectivity index (χ4v) is 5.70. The average molecular weight is 506 g/mol. The summed E-state index contributed by atoms with van der Waals surface area (Å²) in [5, 5.41) is 4.09. The first-order valence-electron chi connectivity index (χ1n) is 12.7. The summed E-state index contributed by atoms with van der Waals surface area (Å²) in [5.74, 6) is 0.310. The highest BCUT2D eigenvalue weighted by Gasteiger charge is 2.36. The Bertz CT molecular complexity index is 1180. The third kappa shape index (κ3) is 5.78. The van der Waals surface area contributed by atoms with Crippen LogP contribution < -0.4 is 15.0 Å². The molecule has 7 heteroatoms. The van der Waals surface area contributed by atoms with Gasteiger partial charge in [-0.1, -0.05) is 50.5 Å². The molecule has 1 N–H and O–H groups in total. The molecule has 1 heterocycles. The van der Waals surface area contributed by atoms with E-state index in [1.807, 2.05) is 62.4 Å². The number of amides is 2. The minimum atomic E-state index is -0.834. The Balaban J connectivity index is 1.81. The molecule has 2 aromatic carbocycles. The first-order chi connectivity index (χ1) is 17.4. The number of carbonyl (C=O) groups excluding carboxylic acids is 2. The Hall–Kier alpha value is -3.19. The summed E-state index contributed by atoms with van der Waals surface area (Å²) in [6, 6.07) is 14.6. The molecule has 36 heavy (non-hydrogen) atoms. The van der Waals surface area contributed by atoms with E-state index >= 15 is 0 Å². The van der Waals surface area contributed by atoms with Gasteiger partial charge in [-0.05, 0) is 68.5 Å². The van der Waals surface area contributed by atoms with Crippen molar-refractivity contribution in [1.29, 1.82) is 0 Å². The van der Waals surface area contributed by atoms with E-state index in [9.17, 15) is 9.59 Å². The van der Waals surface area contributed by atoms with Crippen molar-refractivity contribution in [3.8, 4) is 5.75 Å². The van der Waals surface area contributed by atoms with E-state index < -0.39 is 6.04 Å². The molecule has 0 saturated heterocycles. The van der Waals surface area contributed by atoms with Crippen LogP contribution in [0.5, 0.6) is 5.75 Å². The van der Waals surface area contributed by atoms with Crippen LogP contribution in [0, 0.1) is 13.8 Å². The molecule has 190 valence electrons. The fourth-order valence-electron chi connectivity index (χ4n) is 4.85. The molecule has 1 fully saturated rings. The second kappa shape index (κ2) is 11.7. The number of nitrogens with zero attached hydrogens (tertiary/aromatic N) is 2. The zero-order chi connectivity index (χ0) is 25.7. The predicted molar refractivity (Wildman–Crippen MR) is 145 cm³/mol. The topological polar surface area (TPSA) is 71.5 Å². The van der Waals surface area contributed by atoms with Gasteiger partial charge in [0.15, 0.2) is 0 Å². The Kier molecular flexibility index (Phi) is 8.41. The summed E-state index contributed by atoms with van der Waals surface area (Å²) in [6.07, 6.45) is 6.25. The van der Waals surface area contributed by atoms with E-state index in [1.165, 1.54) is 23.3 Å². The zero-order valence-corrected chi connectivity index (χ0v) is 22.4. The molecule has 0 bridgehead atoms. The van der Waals surface area contributed by atoms with E-state index in [0.29, 0.717) is 22.0 Å². The fraction of sp³-hybridized carbons (Fsp3) is 0.414. The van der Waals surface area contributed by atoms with Crippen LogP contribution >= 0.6 is 11.3 Å². The molecule has 0 radical (unpaired) electrons. The van der Waals surface area contributed by atoms with Crippen molar-refractivity contribution in [2.24, 2.45) is 0 Å². The molecule has 1 saturated carbocycles. The SMILES string of the molecule is CCc1ccc(N(C(=O)c2sc(C)nc2C)[C@H](C(=O)NC2CCCCC2)c2ccc(OC)cc2)cc1. The van der Waals surface area contributed by atoms with Gasteiger partial charge < -0.3 is 10.1 Å². The lowest BCUT2D eigenvalue weighted by molar-refractivity contribution is -0.123. The van der Waals surface area contributed by atoms with Gasteiger partial charge in [-0.3, -0.25) is 14.5 Å². The predicted octanol–water partition coefficient (Wildman–Crippen LogP) is 6.17. The van der Waals surface area contributed by atoms with Crippen LogP contribution in [0.15, 0.2) is 48.5 Å². The van der Waals surface area contributed by atoms with Gasteiger partial charge in [0.05, 0.1) is 17.8 Å². The molecule has 4 rings (SSSR count). The Morgan fingerprint density at radius 1 is 1.06 bits per heavy atom. The largest absolute Gasteiger partial charge is 0.497 e. The van der Waals surface area contributed by atoms with Crippen molar-refractivity contribution in [3.63, 3.8) is 0 Å². The third-order valence-electron chi connectivity index (χ3n) is 6.83. The van der Waals surface area contributed by atoms with E-state index in [0.717, 1.165) is 42.7 Å². The van der Waals surface area contributed by atoms with Crippen LogP contribution in [-0.4, -0.2) is 29.9 Å². The Morgan fingerprint density at radius 3 is 2.28 bits per heavy atom. The number of nitrogens with one attached hydrogen (secondary N) is 1. The smallest absolute Gasteiger partial charge is 0.271 e. The Labute approximate surface area is 217 Å². The van der Waals surface area contributed by atoms with Gasteiger partial charge >= 0.3 is 0 Å². The minimum Gasteiger partial charge on any atom is -0.497 e. The van der Waals surface area contributed by atoms with Gasteiger partial charge in [-0.2, -0.15) is 0 Å². The number of anilines is 1. The third-order valence-corrected chi connectivity index (χ3v) is 7.89. The summed E-state index contributed by atoms with van der Waals surface area (Å²) < 4.78 is 5.35. The number of carbonyl (C=O) groups is 2. The van der Waals surface area contributed by atoms with Crippen LogP contribution in [0.2, 0.25) is 0 Å². The summed E-state index contributed by atoms with van der Waals surface area (Å²) in [7, 11) is 1.61. The summed E-state index contributed by atoms with van der Waals surface area (Å²) in [5.41, 5.74) is 3.26. The molecule has 2 amide bonds. The van der Waals surface area contributed by atoms with Crippen molar-refractivity contribution in [3.05, 3.63) is 75.2 Å². The molecule has 6 nitrogen and oxygen atoms in total. The highest BCUT2D eigenvalue weighted by molar-refractivity contribution is 7.13. The summed E-state index contributed by atoms with van der Waals surface area (Å²) >= 11 is 1.37. The number of hydrogen-bond acceptors (Lipinski definition) is 5. The molecular formula is C29H35N3O3S. The first-order valence-corrected chi connectivity index (χ1v) is 13.5. The molecular weight excluding hydrogens is 470 g/mol. The standard InChI is InChI=1S/C29H35N3O3S/c1-5-21-11-15-24(16-12-21)32(29(34)27-19(2)30-20(3)36-27)26(22-13-17-25(35-4)18-14-22)28(33)31-23-9-7-6-8-10-23/h11-18,23,26H,5-10H2,1-4H3,(H,31,33)/t26-/m0/s1. The number of rotatable bonds is 8. The molecule has 1 aromatic heterocycles. The summed E-state index contributed by atoms with van der Waals surface area (Å²) in [6.45, 7) is 5.84. The van der Waals surface area contributed by atoms with Crippen LogP contribution in [0.1, 0.15) is 76.6 Å². The normalized spacial score (nSPS) is 14.8. The van der Waals surface area contributed by atoms with E-state index in [-0.39, 0.29) is 17.9 Å². The van der Waals surface area contributed by atoms with Crippen molar-refractivity contribution < 1.29 is 14.3 Å². The molecule has 1 aliphatic carbocycles. The number of thiazole rings is 1. The zero-order valence-electron chi connectivity index (χ0n) is 21.5. The lowest BCUT2D eigenvalue weighted by Gasteiger charge is -2.33. The number of aromatic nitrogens is 1. The maximum Gasteiger partial charge on any atom is 0.271 e. The molecule has 0 unspecified atom stereocenters. The van der Waals surface area contributed by atoms with Gasteiger partial charge in [0.1, 0.15) is 16.7 Å². The van der Waals surface area contributed by atoms with Gasteiger partial charge in [0.25, 0.3) is 5.91 Å². The lowest BCUT2D eigenvalue weighted by atomic mass is 9.94. The van der Waals surface area contributed by atoms with Gasteiger partial charge in [0.2, 0.25) is 5.91 Å². The lowest BCUT2D eigenvalue weighted by Crippen LogP contribution is -2.47. The van der Waals surface area contributed by atoms with E-state index in [2.05, 4.69) is 17.2 Å². The first kappa shape index (κ1) is 25.9.